The molecule has 0 radical (unpaired) electrons. The molecule has 2 aromatic rings. The second-order valence-corrected chi connectivity index (χ2v) is 5.15. The number of rotatable bonds is 4. The zero-order chi connectivity index (χ0) is 13.0. The summed E-state index contributed by atoms with van der Waals surface area (Å²) in [6, 6.07) is 7.72. The van der Waals surface area contributed by atoms with E-state index in [9.17, 15) is 9.18 Å². The van der Waals surface area contributed by atoms with E-state index in [2.05, 4.69) is 5.32 Å². The Bertz CT molecular complexity index is 542. The highest BCUT2D eigenvalue weighted by molar-refractivity contribution is 7.09. The normalized spacial score (nSPS) is 10.3. The topological polar surface area (TPSA) is 29.1 Å². The molecular weight excluding hydrogens is 273 g/mol. The first-order chi connectivity index (χ1) is 8.66. The average molecular weight is 284 g/mol. The lowest BCUT2D eigenvalue weighted by molar-refractivity contribution is 0.0954. The molecule has 0 saturated carbocycles. The summed E-state index contributed by atoms with van der Waals surface area (Å²) in [6.07, 6.45) is 0.760. The van der Waals surface area contributed by atoms with Crippen LogP contribution >= 0.6 is 22.9 Å². The summed E-state index contributed by atoms with van der Waals surface area (Å²) in [4.78, 5) is 13.0. The van der Waals surface area contributed by atoms with E-state index in [1.54, 1.807) is 11.3 Å². The van der Waals surface area contributed by atoms with Gasteiger partial charge in [-0.1, -0.05) is 17.7 Å². The molecule has 2 nitrogen and oxygen atoms in total. The van der Waals surface area contributed by atoms with Crippen LogP contribution in [0.1, 0.15) is 15.2 Å². The zero-order valence-corrected chi connectivity index (χ0v) is 11.0. The molecule has 0 aliphatic carbocycles. The smallest absolute Gasteiger partial charge is 0.252 e. The monoisotopic (exact) mass is 283 g/mol. The fraction of sp³-hybridized carbons (Fsp3) is 0.154. The Balaban J connectivity index is 1.93. The van der Waals surface area contributed by atoms with Crippen LogP contribution < -0.4 is 5.32 Å². The first-order valence-electron chi connectivity index (χ1n) is 5.42. The summed E-state index contributed by atoms with van der Waals surface area (Å²) in [6.45, 7) is 0.506. The standard InChI is InChI=1S/C13H11ClFNOS/c14-12-4-3-9(15)8-11(12)13(17)16-6-5-10-2-1-7-18-10/h1-4,7-8H,5-6H2,(H,16,17). The fourth-order valence-electron chi connectivity index (χ4n) is 1.52. The van der Waals surface area contributed by atoms with Gasteiger partial charge < -0.3 is 5.32 Å². The third-order valence-corrected chi connectivity index (χ3v) is 3.68. The molecule has 0 unspecified atom stereocenters. The van der Waals surface area contributed by atoms with Crippen LogP contribution in [-0.2, 0) is 6.42 Å². The van der Waals surface area contributed by atoms with Gasteiger partial charge in [-0.05, 0) is 36.1 Å². The van der Waals surface area contributed by atoms with Crippen molar-refractivity contribution in [2.45, 2.75) is 6.42 Å². The maximum atomic E-state index is 13.0. The molecule has 1 aromatic heterocycles. The van der Waals surface area contributed by atoms with Crippen molar-refractivity contribution >= 4 is 28.8 Å². The van der Waals surface area contributed by atoms with E-state index in [4.69, 9.17) is 11.6 Å². The van der Waals surface area contributed by atoms with E-state index in [0.29, 0.717) is 6.54 Å². The average Bonchev–Trinajstić information content (AvgIpc) is 2.85. The lowest BCUT2D eigenvalue weighted by Crippen LogP contribution is -2.25. The van der Waals surface area contributed by atoms with Crippen molar-refractivity contribution in [2.24, 2.45) is 0 Å². The summed E-state index contributed by atoms with van der Waals surface area (Å²) < 4.78 is 13.0. The van der Waals surface area contributed by atoms with Gasteiger partial charge in [-0.3, -0.25) is 4.79 Å². The molecule has 0 atom stereocenters. The molecule has 1 amide bonds. The van der Waals surface area contributed by atoms with E-state index >= 15 is 0 Å². The fourth-order valence-corrected chi connectivity index (χ4v) is 2.43. The second-order valence-electron chi connectivity index (χ2n) is 3.71. The van der Waals surface area contributed by atoms with E-state index in [0.717, 1.165) is 12.5 Å². The molecule has 0 spiro atoms. The number of hydrogen-bond acceptors (Lipinski definition) is 2. The van der Waals surface area contributed by atoms with Crippen molar-refractivity contribution in [1.29, 1.82) is 0 Å². The Labute approximate surface area is 113 Å². The van der Waals surface area contributed by atoms with Crippen LogP contribution in [-0.4, -0.2) is 12.5 Å². The van der Waals surface area contributed by atoms with Gasteiger partial charge in [-0.25, -0.2) is 4.39 Å². The molecule has 0 saturated heterocycles. The van der Waals surface area contributed by atoms with Gasteiger partial charge >= 0.3 is 0 Å². The Morgan fingerprint density at radius 2 is 2.22 bits per heavy atom. The van der Waals surface area contributed by atoms with Gasteiger partial charge in [-0.2, -0.15) is 0 Å². The maximum absolute atomic E-state index is 13.0. The summed E-state index contributed by atoms with van der Waals surface area (Å²) in [5.41, 5.74) is 0.169. The molecular formula is C13H11ClFNOS. The molecule has 94 valence electrons. The molecule has 1 N–H and O–H groups in total. The van der Waals surface area contributed by atoms with Crippen molar-refractivity contribution in [3.63, 3.8) is 0 Å². The van der Waals surface area contributed by atoms with Gasteiger partial charge in [0.05, 0.1) is 10.6 Å². The lowest BCUT2D eigenvalue weighted by atomic mass is 10.2. The third kappa shape index (κ3) is 3.31. The van der Waals surface area contributed by atoms with E-state index in [1.807, 2.05) is 17.5 Å². The largest absolute Gasteiger partial charge is 0.352 e. The van der Waals surface area contributed by atoms with Crippen molar-refractivity contribution in [1.82, 2.24) is 5.32 Å². The number of benzene rings is 1. The van der Waals surface area contributed by atoms with Crippen molar-refractivity contribution in [2.75, 3.05) is 6.54 Å². The minimum Gasteiger partial charge on any atom is -0.352 e. The second kappa shape index (κ2) is 5.98. The number of amides is 1. The molecule has 0 aliphatic heterocycles. The molecule has 1 heterocycles. The van der Waals surface area contributed by atoms with Gasteiger partial charge in [0.15, 0.2) is 0 Å². The summed E-state index contributed by atoms with van der Waals surface area (Å²) >= 11 is 7.48. The van der Waals surface area contributed by atoms with Crippen molar-refractivity contribution < 1.29 is 9.18 Å². The van der Waals surface area contributed by atoms with E-state index < -0.39 is 5.82 Å². The molecule has 0 bridgehead atoms. The maximum Gasteiger partial charge on any atom is 0.252 e. The zero-order valence-electron chi connectivity index (χ0n) is 9.45. The number of thiophene rings is 1. The first-order valence-corrected chi connectivity index (χ1v) is 6.68. The molecule has 1 aromatic carbocycles. The minimum absolute atomic E-state index is 0.169. The molecule has 18 heavy (non-hydrogen) atoms. The van der Waals surface area contributed by atoms with Crippen LogP contribution in [0.2, 0.25) is 5.02 Å². The quantitative estimate of drug-likeness (QED) is 0.914. The lowest BCUT2D eigenvalue weighted by Gasteiger charge is -2.06. The predicted octanol–water partition coefficient (Wildman–Crippen LogP) is 3.51. The van der Waals surface area contributed by atoms with Gasteiger partial charge in [-0.15, -0.1) is 11.3 Å². The first kappa shape index (κ1) is 13.1. The number of carbonyl (C=O) groups is 1. The van der Waals surface area contributed by atoms with Gasteiger partial charge in [0, 0.05) is 11.4 Å². The Morgan fingerprint density at radius 3 is 2.94 bits per heavy atom. The number of nitrogens with one attached hydrogen (secondary N) is 1. The Hall–Kier alpha value is -1.39. The number of halogens is 2. The van der Waals surface area contributed by atoms with Crippen LogP contribution in [0.4, 0.5) is 4.39 Å². The van der Waals surface area contributed by atoms with E-state index in [-0.39, 0.29) is 16.5 Å². The van der Waals surface area contributed by atoms with Gasteiger partial charge in [0.25, 0.3) is 5.91 Å². The predicted molar refractivity (Wildman–Crippen MR) is 71.8 cm³/mol. The van der Waals surface area contributed by atoms with Crippen molar-refractivity contribution in [3.8, 4) is 0 Å². The Kier molecular flexibility index (Phi) is 4.33. The summed E-state index contributed by atoms with van der Waals surface area (Å²) in [5.74, 6) is -0.820. The van der Waals surface area contributed by atoms with Crippen LogP contribution in [0.25, 0.3) is 0 Å². The summed E-state index contributed by atoms with van der Waals surface area (Å²) in [7, 11) is 0. The van der Waals surface area contributed by atoms with Crippen LogP contribution in [0.5, 0.6) is 0 Å². The highest BCUT2D eigenvalue weighted by atomic mass is 35.5. The van der Waals surface area contributed by atoms with Gasteiger partial charge in [0.1, 0.15) is 5.82 Å². The highest BCUT2D eigenvalue weighted by Gasteiger charge is 2.10. The van der Waals surface area contributed by atoms with Crippen LogP contribution in [0.15, 0.2) is 35.7 Å². The highest BCUT2D eigenvalue weighted by Crippen LogP contribution is 2.16. The Morgan fingerprint density at radius 1 is 1.39 bits per heavy atom. The third-order valence-electron chi connectivity index (χ3n) is 2.41. The molecule has 0 fully saturated rings. The molecule has 0 aliphatic rings. The van der Waals surface area contributed by atoms with Crippen LogP contribution in [0, 0.1) is 5.82 Å². The molecule has 5 heteroatoms. The SMILES string of the molecule is O=C(NCCc1cccs1)c1cc(F)ccc1Cl. The number of hydrogen-bond donors (Lipinski definition) is 1. The van der Waals surface area contributed by atoms with Crippen molar-refractivity contribution in [3.05, 3.63) is 57.0 Å². The van der Waals surface area contributed by atoms with Gasteiger partial charge in [0.2, 0.25) is 0 Å². The summed E-state index contributed by atoms with van der Waals surface area (Å²) in [5, 5.41) is 4.96. The molecule has 2 rings (SSSR count). The number of carbonyl (C=O) groups excluding carboxylic acids is 1. The minimum atomic E-state index is -0.470. The van der Waals surface area contributed by atoms with Crippen LogP contribution in [0.3, 0.4) is 0 Å². The van der Waals surface area contributed by atoms with E-state index in [1.165, 1.54) is 17.0 Å².